The third kappa shape index (κ3) is 3.60. The number of hydrogen-bond acceptors (Lipinski definition) is 4. The molecule has 1 unspecified atom stereocenters. The highest BCUT2D eigenvalue weighted by Gasteiger charge is 2.32. The van der Waals surface area contributed by atoms with Crippen LogP contribution >= 0.6 is 0 Å². The van der Waals surface area contributed by atoms with Crippen LogP contribution in [0.2, 0.25) is 0 Å². The smallest absolute Gasteiger partial charge is 0.239 e. The van der Waals surface area contributed by atoms with Gasteiger partial charge in [0.25, 0.3) is 0 Å². The van der Waals surface area contributed by atoms with E-state index >= 15 is 0 Å². The first-order valence-electron chi connectivity index (χ1n) is 7.14. The molecule has 1 N–H and O–H groups in total. The van der Waals surface area contributed by atoms with Crippen LogP contribution < -0.4 is 5.32 Å². The lowest BCUT2D eigenvalue weighted by Crippen LogP contribution is -2.45. The van der Waals surface area contributed by atoms with E-state index in [9.17, 15) is 9.59 Å². The zero-order valence-electron chi connectivity index (χ0n) is 13.1. The molecule has 2 rings (SSSR count). The Labute approximate surface area is 124 Å². The molecular weight excluding hydrogens is 270 g/mol. The van der Waals surface area contributed by atoms with E-state index in [0.29, 0.717) is 5.82 Å². The molecule has 0 saturated carbocycles. The van der Waals surface area contributed by atoms with Crippen molar-refractivity contribution in [3.63, 3.8) is 0 Å². The maximum Gasteiger partial charge on any atom is 0.239 e. The molecule has 7 heteroatoms. The topological polar surface area (TPSA) is 70.5 Å². The predicted octanol–water partition coefficient (Wildman–Crippen LogP) is 0.220. The second-order valence-corrected chi connectivity index (χ2v) is 5.70. The average molecular weight is 293 g/mol. The summed E-state index contributed by atoms with van der Waals surface area (Å²) < 4.78 is 1.64. The van der Waals surface area contributed by atoms with Gasteiger partial charge in [0.05, 0.1) is 18.3 Å². The standard InChI is InChI=1S/C14H23N5O2/c1-10-8-12(18(4)16-10)15-13(20)9-19-7-5-6-11(19)14(21)17(2)3/h8,11H,5-7,9H2,1-4H3,(H,15,20). The molecule has 1 fully saturated rings. The Balaban J connectivity index is 1.95. The monoisotopic (exact) mass is 293 g/mol. The Hall–Kier alpha value is -1.89. The molecule has 7 nitrogen and oxygen atoms in total. The fraction of sp³-hybridized carbons (Fsp3) is 0.643. The van der Waals surface area contributed by atoms with Gasteiger partial charge in [-0.15, -0.1) is 0 Å². The Morgan fingerprint density at radius 2 is 2.19 bits per heavy atom. The second kappa shape index (κ2) is 6.26. The molecule has 0 aliphatic carbocycles. The van der Waals surface area contributed by atoms with E-state index in [2.05, 4.69) is 10.4 Å². The van der Waals surface area contributed by atoms with Crippen molar-refractivity contribution in [2.45, 2.75) is 25.8 Å². The summed E-state index contributed by atoms with van der Waals surface area (Å²) in [5.41, 5.74) is 0.856. The molecule has 1 aliphatic rings. The zero-order valence-corrected chi connectivity index (χ0v) is 13.1. The van der Waals surface area contributed by atoms with E-state index in [1.807, 2.05) is 17.9 Å². The predicted molar refractivity (Wildman–Crippen MR) is 79.9 cm³/mol. The van der Waals surface area contributed by atoms with E-state index in [1.54, 1.807) is 30.7 Å². The number of hydrogen-bond donors (Lipinski definition) is 1. The van der Waals surface area contributed by atoms with Gasteiger partial charge in [-0.05, 0) is 26.3 Å². The largest absolute Gasteiger partial charge is 0.347 e. The number of rotatable bonds is 4. The van der Waals surface area contributed by atoms with Gasteiger partial charge in [-0.25, -0.2) is 0 Å². The van der Waals surface area contributed by atoms with Crippen LogP contribution in [0.15, 0.2) is 6.07 Å². The summed E-state index contributed by atoms with van der Waals surface area (Å²) in [6, 6.07) is 1.64. The third-order valence-corrected chi connectivity index (χ3v) is 3.71. The molecule has 0 bridgehead atoms. The highest BCUT2D eigenvalue weighted by molar-refractivity contribution is 5.92. The van der Waals surface area contributed by atoms with Gasteiger partial charge in [0.2, 0.25) is 11.8 Å². The summed E-state index contributed by atoms with van der Waals surface area (Å²) in [5.74, 6) is 0.625. The van der Waals surface area contributed by atoms with Gasteiger partial charge in [0.1, 0.15) is 5.82 Å². The number of amides is 2. The summed E-state index contributed by atoms with van der Waals surface area (Å²) in [6.07, 6.45) is 1.76. The molecule has 1 aromatic rings. The maximum atomic E-state index is 12.1. The normalized spacial score (nSPS) is 18.8. The molecule has 0 radical (unpaired) electrons. The first kappa shape index (κ1) is 15.5. The van der Waals surface area contributed by atoms with Crippen LogP contribution in [-0.2, 0) is 16.6 Å². The molecule has 0 spiro atoms. The van der Waals surface area contributed by atoms with Crippen molar-refractivity contribution >= 4 is 17.6 Å². The maximum absolute atomic E-state index is 12.1. The van der Waals surface area contributed by atoms with Crippen molar-refractivity contribution in [2.75, 3.05) is 32.5 Å². The van der Waals surface area contributed by atoms with Crippen LogP contribution in [0.1, 0.15) is 18.5 Å². The van der Waals surface area contributed by atoms with E-state index in [0.717, 1.165) is 25.1 Å². The number of nitrogens with zero attached hydrogens (tertiary/aromatic N) is 4. The van der Waals surface area contributed by atoms with Gasteiger partial charge in [0.15, 0.2) is 0 Å². The first-order chi connectivity index (χ1) is 9.88. The number of likely N-dealkylation sites (N-methyl/N-ethyl adjacent to an activating group) is 1. The van der Waals surface area contributed by atoms with E-state index in [-0.39, 0.29) is 24.4 Å². The fourth-order valence-corrected chi connectivity index (χ4v) is 2.69. The van der Waals surface area contributed by atoms with Crippen LogP contribution in [0.5, 0.6) is 0 Å². The number of carbonyl (C=O) groups excluding carboxylic acids is 2. The minimum atomic E-state index is -0.181. The van der Waals surface area contributed by atoms with E-state index < -0.39 is 0 Å². The minimum absolute atomic E-state index is 0.0664. The van der Waals surface area contributed by atoms with Crippen LogP contribution in [0, 0.1) is 6.92 Å². The first-order valence-corrected chi connectivity index (χ1v) is 7.14. The van der Waals surface area contributed by atoms with Crippen molar-refractivity contribution < 1.29 is 9.59 Å². The summed E-state index contributed by atoms with van der Waals surface area (Å²) in [5, 5.41) is 7.03. The van der Waals surface area contributed by atoms with Gasteiger partial charge in [0, 0.05) is 27.2 Å². The lowest BCUT2D eigenvalue weighted by Gasteiger charge is -2.25. The zero-order chi connectivity index (χ0) is 15.6. The number of aryl methyl sites for hydroxylation is 2. The van der Waals surface area contributed by atoms with E-state index in [4.69, 9.17) is 0 Å². The summed E-state index contributed by atoms with van der Waals surface area (Å²) >= 11 is 0. The van der Waals surface area contributed by atoms with Crippen molar-refractivity contribution in [1.82, 2.24) is 19.6 Å². The minimum Gasteiger partial charge on any atom is -0.347 e. The molecule has 21 heavy (non-hydrogen) atoms. The van der Waals surface area contributed by atoms with Gasteiger partial charge in [-0.3, -0.25) is 19.2 Å². The Bertz CT molecular complexity index is 537. The van der Waals surface area contributed by atoms with Crippen LogP contribution in [-0.4, -0.2) is 64.6 Å². The number of carbonyl (C=O) groups is 2. The van der Waals surface area contributed by atoms with Gasteiger partial charge in [-0.2, -0.15) is 5.10 Å². The summed E-state index contributed by atoms with van der Waals surface area (Å²) in [6.45, 7) is 2.89. The molecule has 0 aromatic carbocycles. The lowest BCUT2D eigenvalue weighted by molar-refractivity contribution is -0.133. The van der Waals surface area contributed by atoms with Crippen LogP contribution in [0.25, 0.3) is 0 Å². The van der Waals surface area contributed by atoms with Gasteiger partial charge < -0.3 is 10.2 Å². The molecule has 1 aliphatic heterocycles. The highest BCUT2D eigenvalue weighted by atomic mass is 16.2. The average Bonchev–Trinajstić information content (AvgIpc) is 2.95. The number of nitrogens with one attached hydrogen (secondary N) is 1. The fourth-order valence-electron chi connectivity index (χ4n) is 2.69. The number of anilines is 1. The number of aromatic nitrogens is 2. The Morgan fingerprint density at radius 3 is 2.76 bits per heavy atom. The van der Waals surface area contributed by atoms with Crippen molar-refractivity contribution in [2.24, 2.45) is 7.05 Å². The molecule has 116 valence electrons. The van der Waals surface area contributed by atoms with Crippen LogP contribution in [0.4, 0.5) is 5.82 Å². The summed E-state index contributed by atoms with van der Waals surface area (Å²) in [4.78, 5) is 27.8. The van der Waals surface area contributed by atoms with Crippen molar-refractivity contribution in [3.05, 3.63) is 11.8 Å². The Morgan fingerprint density at radius 1 is 1.48 bits per heavy atom. The lowest BCUT2D eigenvalue weighted by atomic mass is 10.2. The quantitative estimate of drug-likeness (QED) is 0.862. The molecule has 2 amide bonds. The SMILES string of the molecule is Cc1cc(NC(=O)CN2CCCC2C(=O)N(C)C)n(C)n1. The Kier molecular flexibility index (Phi) is 4.62. The van der Waals surface area contributed by atoms with Gasteiger partial charge in [-0.1, -0.05) is 0 Å². The van der Waals surface area contributed by atoms with Crippen molar-refractivity contribution in [1.29, 1.82) is 0 Å². The molecule has 2 heterocycles. The molecular formula is C14H23N5O2. The third-order valence-electron chi connectivity index (χ3n) is 3.71. The van der Waals surface area contributed by atoms with E-state index in [1.165, 1.54) is 0 Å². The second-order valence-electron chi connectivity index (χ2n) is 5.70. The molecule has 1 atom stereocenters. The number of likely N-dealkylation sites (tertiary alicyclic amines) is 1. The highest BCUT2D eigenvalue weighted by Crippen LogP contribution is 2.18. The van der Waals surface area contributed by atoms with Crippen molar-refractivity contribution in [3.8, 4) is 0 Å². The van der Waals surface area contributed by atoms with Crippen LogP contribution in [0.3, 0.4) is 0 Å². The van der Waals surface area contributed by atoms with Gasteiger partial charge >= 0.3 is 0 Å². The molecule has 1 aromatic heterocycles. The summed E-state index contributed by atoms with van der Waals surface area (Å²) in [7, 11) is 5.28. The molecule has 1 saturated heterocycles.